The number of methoxy groups -OCH3 is 1. The van der Waals surface area contributed by atoms with E-state index in [1.54, 1.807) is 0 Å². The SMILES string of the molecule is COC(=O)C1(Cl)CC2(CCC1=O)OCCO2. The number of esters is 1. The molecular formula is C10H13ClO5. The Bertz CT molecular complexity index is 313. The number of carbonyl (C=O) groups is 2. The number of hydrogen-bond donors (Lipinski definition) is 0. The molecular weight excluding hydrogens is 236 g/mol. The van der Waals surface area contributed by atoms with E-state index < -0.39 is 16.6 Å². The summed E-state index contributed by atoms with van der Waals surface area (Å²) in [7, 11) is 1.21. The minimum absolute atomic E-state index is 0.0209. The molecule has 0 amide bonds. The molecule has 1 saturated carbocycles. The van der Waals surface area contributed by atoms with Crippen LogP contribution >= 0.6 is 11.6 Å². The summed E-state index contributed by atoms with van der Waals surface area (Å²) in [6, 6.07) is 0. The fraction of sp³-hybridized carbons (Fsp3) is 0.800. The number of ketones is 1. The van der Waals surface area contributed by atoms with Gasteiger partial charge in [0.15, 0.2) is 11.6 Å². The first-order valence-corrected chi connectivity index (χ1v) is 5.49. The topological polar surface area (TPSA) is 61.8 Å². The van der Waals surface area contributed by atoms with E-state index in [2.05, 4.69) is 4.74 Å². The van der Waals surface area contributed by atoms with E-state index in [0.29, 0.717) is 19.6 Å². The molecule has 2 fully saturated rings. The molecule has 1 heterocycles. The number of halogens is 1. The van der Waals surface area contributed by atoms with Crippen molar-refractivity contribution in [2.45, 2.75) is 29.9 Å². The molecule has 0 N–H and O–H groups in total. The molecule has 1 unspecified atom stereocenters. The lowest BCUT2D eigenvalue weighted by Gasteiger charge is -2.38. The van der Waals surface area contributed by atoms with Crippen LogP contribution in [0.2, 0.25) is 0 Å². The summed E-state index contributed by atoms with van der Waals surface area (Å²) >= 11 is 6.06. The standard InChI is InChI=1S/C10H13ClO5/c1-14-8(13)10(11)6-9(3-2-7(10)12)15-4-5-16-9/h2-6H2,1H3. The lowest BCUT2D eigenvalue weighted by atomic mass is 9.83. The number of hydrogen-bond acceptors (Lipinski definition) is 5. The Morgan fingerprint density at radius 1 is 1.44 bits per heavy atom. The highest BCUT2D eigenvalue weighted by Gasteiger charge is 2.57. The molecule has 1 aliphatic carbocycles. The highest BCUT2D eigenvalue weighted by atomic mass is 35.5. The van der Waals surface area contributed by atoms with Gasteiger partial charge in [-0.25, -0.2) is 4.79 Å². The summed E-state index contributed by atoms with van der Waals surface area (Å²) in [6.45, 7) is 0.921. The fourth-order valence-electron chi connectivity index (χ4n) is 2.15. The van der Waals surface area contributed by atoms with Crippen LogP contribution in [0.4, 0.5) is 0 Å². The van der Waals surface area contributed by atoms with Crippen LogP contribution < -0.4 is 0 Å². The molecule has 2 aliphatic rings. The highest BCUT2D eigenvalue weighted by Crippen LogP contribution is 2.42. The number of ether oxygens (including phenoxy) is 3. The predicted molar refractivity (Wildman–Crippen MR) is 54.1 cm³/mol. The largest absolute Gasteiger partial charge is 0.467 e. The van der Waals surface area contributed by atoms with Gasteiger partial charge < -0.3 is 14.2 Å². The van der Waals surface area contributed by atoms with Crippen LogP contribution in [0.15, 0.2) is 0 Å². The van der Waals surface area contributed by atoms with Crippen molar-refractivity contribution in [1.29, 1.82) is 0 Å². The van der Waals surface area contributed by atoms with Gasteiger partial charge in [-0.2, -0.15) is 0 Å². The van der Waals surface area contributed by atoms with Crippen molar-refractivity contribution in [3.8, 4) is 0 Å². The van der Waals surface area contributed by atoms with Crippen molar-refractivity contribution >= 4 is 23.4 Å². The molecule has 0 aromatic heterocycles. The van der Waals surface area contributed by atoms with Crippen molar-refractivity contribution in [2.24, 2.45) is 0 Å². The molecule has 16 heavy (non-hydrogen) atoms. The maximum absolute atomic E-state index is 11.7. The van der Waals surface area contributed by atoms with Gasteiger partial charge in [0.05, 0.1) is 20.3 Å². The van der Waals surface area contributed by atoms with Crippen LogP contribution in [-0.4, -0.2) is 42.7 Å². The van der Waals surface area contributed by atoms with Gasteiger partial charge in [0.25, 0.3) is 0 Å². The van der Waals surface area contributed by atoms with E-state index in [9.17, 15) is 9.59 Å². The quantitative estimate of drug-likeness (QED) is 0.387. The first-order chi connectivity index (χ1) is 7.52. The Balaban J connectivity index is 2.23. The third-order valence-corrected chi connectivity index (χ3v) is 3.51. The molecule has 0 bridgehead atoms. The summed E-state index contributed by atoms with van der Waals surface area (Å²) < 4.78 is 15.5. The summed E-state index contributed by atoms with van der Waals surface area (Å²) in [4.78, 5) is 21.6. The summed E-state index contributed by atoms with van der Waals surface area (Å²) in [6.07, 6.45) is 0.628. The first-order valence-electron chi connectivity index (χ1n) is 5.11. The van der Waals surface area contributed by atoms with Crippen LogP contribution in [0.25, 0.3) is 0 Å². The molecule has 1 saturated heterocycles. The minimum atomic E-state index is -1.66. The van der Waals surface area contributed by atoms with Crippen LogP contribution in [0.3, 0.4) is 0 Å². The van der Waals surface area contributed by atoms with Gasteiger partial charge in [-0.3, -0.25) is 4.79 Å². The molecule has 1 atom stereocenters. The monoisotopic (exact) mass is 248 g/mol. The van der Waals surface area contributed by atoms with Gasteiger partial charge in [0.1, 0.15) is 0 Å². The van der Waals surface area contributed by atoms with Gasteiger partial charge in [-0.15, -0.1) is 0 Å². The molecule has 0 aromatic carbocycles. The maximum Gasteiger partial charge on any atom is 0.334 e. The van der Waals surface area contributed by atoms with E-state index in [1.807, 2.05) is 0 Å². The molecule has 1 aliphatic heterocycles. The molecule has 90 valence electrons. The van der Waals surface area contributed by atoms with Crippen molar-refractivity contribution in [3.05, 3.63) is 0 Å². The number of Topliss-reactive ketones (excluding diaryl/α,β-unsaturated/α-hetero) is 1. The average Bonchev–Trinajstić information content (AvgIpc) is 2.71. The van der Waals surface area contributed by atoms with Gasteiger partial charge >= 0.3 is 5.97 Å². The second kappa shape index (κ2) is 3.98. The number of rotatable bonds is 1. The van der Waals surface area contributed by atoms with Gasteiger partial charge in [-0.05, 0) is 0 Å². The van der Waals surface area contributed by atoms with Crippen molar-refractivity contribution < 1.29 is 23.8 Å². The van der Waals surface area contributed by atoms with Crippen molar-refractivity contribution in [2.75, 3.05) is 20.3 Å². The van der Waals surface area contributed by atoms with Crippen LogP contribution in [-0.2, 0) is 23.8 Å². The van der Waals surface area contributed by atoms with Gasteiger partial charge in [0, 0.05) is 19.3 Å². The molecule has 2 rings (SSSR count). The zero-order chi connectivity index (χ0) is 11.8. The highest BCUT2D eigenvalue weighted by molar-refractivity contribution is 6.46. The van der Waals surface area contributed by atoms with Gasteiger partial charge in [-0.1, -0.05) is 11.6 Å². The Labute approximate surface area is 98.0 Å². The van der Waals surface area contributed by atoms with E-state index >= 15 is 0 Å². The Morgan fingerprint density at radius 2 is 2.06 bits per heavy atom. The van der Waals surface area contributed by atoms with E-state index in [4.69, 9.17) is 21.1 Å². The third kappa shape index (κ3) is 1.73. The van der Waals surface area contributed by atoms with E-state index in [1.165, 1.54) is 7.11 Å². The fourth-order valence-corrected chi connectivity index (χ4v) is 2.53. The molecule has 1 spiro atoms. The van der Waals surface area contributed by atoms with Crippen molar-refractivity contribution in [1.82, 2.24) is 0 Å². The zero-order valence-corrected chi connectivity index (χ0v) is 9.71. The second-order valence-electron chi connectivity index (χ2n) is 4.00. The third-order valence-electron chi connectivity index (χ3n) is 3.01. The van der Waals surface area contributed by atoms with Crippen LogP contribution in [0.5, 0.6) is 0 Å². The zero-order valence-electron chi connectivity index (χ0n) is 8.95. The molecule has 0 radical (unpaired) electrons. The number of alkyl halides is 1. The number of carbonyl (C=O) groups excluding carboxylic acids is 2. The molecule has 6 heteroatoms. The first kappa shape index (κ1) is 11.8. The predicted octanol–water partition coefficient (Wildman–Crippen LogP) is 0.633. The summed E-state index contributed by atoms with van der Waals surface area (Å²) in [5.41, 5.74) is 0. The molecule has 5 nitrogen and oxygen atoms in total. The second-order valence-corrected chi connectivity index (χ2v) is 4.65. The normalized spacial score (nSPS) is 33.0. The summed E-state index contributed by atoms with van der Waals surface area (Å²) in [5.74, 6) is -1.95. The maximum atomic E-state index is 11.7. The Morgan fingerprint density at radius 3 is 2.62 bits per heavy atom. The lowest BCUT2D eigenvalue weighted by Crippen LogP contribution is -2.53. The van der Waals surface area contributed by atoms with Crippen LogP contribution in [0.1, 0.15) is 19.3 Å². The Hall–Kier alpha value is -0.650. The van der Waals surface area contributed by atoms with E-state index in [0.717, 1.165) is 0 Å². The minimum Gasteiger partial charge on any atom is -0.467 e. The average molecular weight is 249 g/mol. The smallest absolute Gasteiger partial charge is 0.334 e. The van der Waals surface area contributed by atoms with E-state index in [-0.39, 0.29) is 18.6 Å². The van der Waals surface area contributed by atoms with Crippen LogP contribution in [0, 0.1) is 0 Å². The van der Waals surface area contributed by atoms with Gasteiger partial charge in [0.2, 0.25) is 4.87 Å². The lowest BCUT2D eigenvalue weighted by molar-refractivity contribution is -0.191. The van der Waals surface area contributed by atoms with Crippen molar-refractivity contribution in [3.63, 3.8) is 0 Å². The summed E-state index contributed by atoms with van der Waals surface area (Å²) in [5, 5.41) is 0. The Kier molecular flexibility index (Phi) is 2.94. The molecule has 0 aromatic rings.